The van der Waals surface area contributed by atoms with Crippen LogP contribution < -0.4 is 10.0 Å². The third-order valence-electron chi connectivity index (χ3n) is 5.28. The van der Waals surface area contributed by atoms with Crippen molar-refractivity contribution in [3.05, 3.63) is 23.8 Å². The van der Waals surface area contributed by atoms with Crippen molar-refractivity contribution < 1.29 is 17.9 Å². The minimum absolute atomic E-state index is 0.129. The number of hydrogen-bond acceptors (Lipinski definition) is 4. The molecule has 26 heavy (non-hydrogen) atoms. The highest BCUT2D eigenvalue weighted by Crippen LogP contribution is 2.39. The number of hydrogen-bond donors (Lipinski definition) is 2. The summed E-state index contributed by atoms with van der Waals surface area (Å²) in [6, 6.07) is 5.00. The number of ether oxygens (including phenoxy) is 1. The quantitative estimate of drug-likeness (QED) is 0.843. The van der Waals surface area contributed by atoms with Crippen molar-refractivity contribution in [3.63, 3.8) is 0 Å². The van der Waals surface area contributed by atoms with E-state index in [1.165, 1.54) is 0 Å². The van der Waals surface area contributed by atoms with Gasteiger partial charge in [-0.15, -0.1) is 0 Å². The number of rotatable bonds is 3. The molecule has 2 aliphatic heterocycles. The number of carbonyl (C=O) groups excluding carboxylic acids is 1. The Labute approximate surface area is 155 Å². The second kappa shape index (κ2) is 7.44. The molecule has 2 amide bonds. The number of piperidine rings is 1. The molecule has 2 N–H and O–H groups in total. The molecule has 2 aliphatic rings. The molecule has 1 spiro atoms. The van der Waals surface area contributed by atoms with Crippen LogP contribution in [0.5, 0.6) is 0 Å². The zero-order chi connectivity index (χ0) is 18.8. The largest absolute Gasteiger partial charge is 0.381 e. The lowest BCUT2D eigenvalue weighted by molar-refractivity contribution is -0.0175. The first-order valence-corrected chi connectivity index (χ1v) is 10.9. The van der Waals surface area contributed by atoms with E-state index in [2.05, 4.69) is 10.0 Å². The van der Waals surface area contributed by atoms with Crippen molar-refractivity contribution in [2.45, 2.75) is 32.6 Å². The molecule has 0 bridgehead atoms. The van der Waals surface area contributed by atoms with E-state index >= 15 is 0 Å². The van der Waals surface area contributed by atoms with Crippen LogP contribution in [0.4, 0.5) is 16.2 Å². The Morgan fingerprint density at radius 1 is 1.23 bits per heavy atom. The molecule has 1 aromatic rings. The molecular formula is C18H27N3O4S. The van der Waals surface area contributed by atoms with Gasteiger partial charge in [0.1, 0.15) is 0 Å². The van der Waals surface area contributed by atoms with Crippen LogP contribution >= 0.6 is 0 Å². The highest BCUT2D eigenvalue weighted by molar-refractivity contribution is 7.92. The number of carbonyl (C=O) groups is 1. The molecule has 2 fully saturated rings. The summed E-state index contributed by atoms with van der Waals surface area (Å²) in [6.45, 7) is 4.93. The Morgan fingerprint density at radius 3 is 2.65 bits per heavy atom. The van der Waals surface area contributed by atoms with E-state index in [0.29, 0.717) is 11.4 Å². The zero-order valence-corrected chi connectivity index (χ0v) is 16.2. The first kappa shape index (κ1) is 19.0. The normalized spacial score (nSPS) is 20.0. The fourth-order valence-corrected chi connectivity index (χ4v) is 4.38. The minimum Gasteiger partial charge on any atom is -0.381 e. The SMILES string of the molecule is Cc1ccc(NS(C)(=O)=O)cc1NC(=O)N1CCCC2(CCOCC2)C1. The number of nitrogens with one attached hydrogen (secondary N) is 2. The van der Waals surface area contributed by atoms with Gasteiger partial charge in [0.2, 0.25) is 10.0 Å². The van der Waals surface area contributed by atoms with E-state index < -0.39 is 10.0 Å². The van der Waals surface area contributed by atoms with Gasteiger partial charge in [-0.25, -0.2) is 13.2 Å². The number of likely N-dealkylation sites (tertiary alicyclic amines) is 1. The van der Waals surface area contributed by atoms with Crippen LogP contribution in [0.3, 0.4) is 0 Å². The van der Waals surface area contributed by atoms with Crippen LogP contribution in [-0.2, 0) is 14.8 Å². The van der Waals surface area contributed by atoms with Gasteiger partial charge >= 0.3 is 6.03 Å². The van der Waals surface area contributed by atoms with Crippen molar-refractivity contribution in [1.29, 1.82) is 0 Å². The van der Waals surface area contributed by atoms with Crippen LogP contribution in [-0.4, -0.2) is 51.9 Å². The number of aryl methyl sites for hydroxylation is 1. The van der Waals surface area contributed by atoms with E-state index in [9.17, 15) is 13.2 Å². The predicted octanol–water partition coefficient (Wildman–Crippen LogP) is 2.79. The van der Waals surface area contributed by atoms with Crippen molar-refractivity contribution in [3.8, 4) is 0 Å². The predicted molar refractivity (Wildman–Crippen MR) is 102 cm³/mol. The third-order valence-corrected chi connectivity index (χ3v) is 5.89. The lowest BCUT2D eigenvalue weighted by Crippen LogP contribution is -2.49. The molecule has 1 aromatic carbocycles. The van der Waals surface area contributed by atoms with Crippen LogP contribution in [0.1, 0.15) is 31.2 Å². The summed E-state index contributed by atoms with van der Waals surface area (Å²) in [5, 5.41) is 2.95. The second-order valence-electron chi connectivity index (χ2n) is 7.47. The Hall–Kier alpha value is -1.80. The van der Waals surface area contributed by atoms with Crippen molar-refractivity contribution >= 4 is 27.4 Å². The molecule has 0 aromatic heterocycles. The topological polar surface area (TPSA) is 87.7 Å². The summed E-state index contributed by atoms with van der Waals surface area (Å²) in [5.41, 5.74) is 2.13. The van der Waals surface area contributed by atoms with Crippen LogP contribution in [0.25, 0.3) is 0 Å². The van der Waals surface area contributed by atoms with Gasteiger partial charge in [0.15, 0.2) is 0 Å². The molecular weight excluding hydrogens is 354 g/mol. The van der Waals surface area contributed by atoms with E-state index in [1.807, 2.05) is 11.8 Å². The standard InChI is InChI=1S/C18H27N3O4S/c1-14-4-5-15(20-26(2,23)24)12-16(14)19-17(22)21-9-3-6-18(13-21)7-10-25-11-8-18/h4-5,12,20H,3,6-11,13H2,1-2H3,(H,19,22). The molecule has 0 radical (unpaired) electrons. The maximum atomic E-state index is 12.8. The molecule has 0 aliphatic carbocycles. The zero-order valence-electron chi connectivity index (χ0n) is 15.4. The average molecular weight is 381 g/mol. The molecule has 2 heterocycles. The molecule has 2 saturated heterocycles. The summed E-state index contributed by atoms with van der Waals surface area (Å²) in [5.74, 6) is 0. The molecule has 0 saturated carbocycles. The van der Waals surface area contributed by atoms with Gasteiger partial charge in [-0.05, 0) is 55.7 Å². The maximum absolute atomic E-state index is 12.8. The van der Waals surface area contributed by atoms with Gasteiger partial charge < -0.3 is 15.0 Å². The van der Waals surface area contributed by atoms with Gasteiger partial charge in [0.25, 0.3) is 0 Å². The van der Waals surface area contributed by atoms with Crippen molar-refractivity contribution in [2.24, 2.45) is 5.41 Å². The van der Waals surface area contributed by atoms with Crippen LogP contribution in [0.2, 0.25) is 0 Å². The summed E-state index contributed by atoms with van der Waals surface area (Å²) in [7, 11) is -3.36. The summed E-state index contributed by atoms with van der Waals surface area (Å²) in [6.07, 6.45) is 5.26. The summed E-state index contributed by atoms with van der Waals surface area (Å²) < 4.78 is 30.8. The Kier molecular flexibility index (Phi) is 5.43. The molecule has 0 atom stereocenters. The van der Waals surface area contributed by atoms with Crippen molar-refractivity contribution in [2.75, 3.05) is 42.6 Å². The third kappa shape index (κ3) is 4.67. The monoisotopic (exact) mass is 381 g/mol. The van der Waals surface area contributed by atoms with E-state index in [1.54, 1.807) is 18.2 Å². The molecule has 7 nitrogen and oxygen atoms in total. The van der Waals surface area contributed by atoms with Crippen molar-refractivity contribution in [1.82, 2.24) is 4.90 Å². The molecule has 144 valence electrons. The Bertz CT molecular complexity index is 767. The second-order valence-corrected chi connectivity index (χ2v) is 9.22. The number of urea groups is 1. The fraction of sp³-hybridized carbons (Fsp3) is 0.611. The Morgan fingerprint density at radius 2 is 1.96 bits per heavy atom. The number of anilines is 2. The van der Waals surface area contributed by atoms with Gasteiger partial charge in [-0.3, -0.25) is 4.72 Å². The first-order valence-electron chi connectivity index (χ1n) is 8.99. The lowest BCUT2D eigenvalue weighted by Gasteiger charge is -2.45. The Balaban J connectivity index is 1.70. The number of benzene rings is 1. The van der Waals surface area contributed by atoms with Crippen LogP contribution in [0, 0.1) is 12.3 Å². The van der Waals surface area contributed by atoms with E-state index in [0.717, 1.165) is 63.8 Å². The molecule has 3 rings (SSSR count). The van der Waals surface area contributed by atoms with Gasteiger partial charge in [-0.2, -0.15) is 0 Å². The van der Waals surface area contributed by atoms with Gasteiger partial charge in [0, 0.05) is 32.0 Å². The molecule has 0 unspecified atom stereocenters. The highest BCUT2D eigenvalue weighted by atomic mass is 32.2. The number of nitrogens with zero attached hydrogens (tertiary/aromatic N) is 1. The highest BCUT2D eigenvalue weighted by Gasteiger charge is 2.38. The summed E-state index contributed by atoms with van der Waals surface area (Å²) >= 11 is 0. The molecule has 8 heteroatoms. The average Bonchev–Trinajstić information content (AvgIpc) is 2.57. The van der Waals surface area contributed by atoms with Gasteiger partial charge in [-0.1, -0.05) is 6.07 Å². The number of amides is 2. The van der Waals surface area contributed by atoms with Gasteiger partial charge in [0.05, 0.1) is 11.9 Å². The summed E-state index contributed by atoms with van der Waals surface area (Å²) in [4.78, 5) is 14.7. The fourth-order valence-electron chi connectivity index (χ4n) is 3.82. The lowest BCUT2D eigenvalue weighted by atomic mass is 9.74. The first-order chi connectivity index (χ1) is 12.3. The van der Waals surface area contributed by atoms with E-state index in [-0.39, 0.29) is 11.4 Å². The van der Waals surface area contributed by atoms with E-state index in [4.69, 9.17) is 4.74 Å². The minimum atomic E-state index is -3.36. The smallest absolute Gasteiger partial charge is 0.321 e. The maximum Gasteiger partial charge on any atom is 0.321 e. The van der Waals surface area contributed by atoms with Crippen LogP contribution in [0.15, 0.2) is 18.2 Å². The number of sulfonamides is 1.